The van der Waals surface area contributed by atoms with Crippen LogP contribution in [0.1, 0.15) is 26.2 Å². The second-order valence-electron chi connectivity index (χ2n) is 6.74. The van der Waals surface area contributed by atoms with Gasteiger partial charge in [-0.05, 0) is 51.4 Å². The van der Waals surface area contributed by atoms with Crippen molar-refractivity contribution in [3.63, 3.8) is 0 Å². The first-order valence-corrected chi connectivity index (χ1v) is 9.90. The number of benzene rings is 1. The number of nitrogens with zero attached hydrogens (tertiary/aromatic N) is 2. The van der Waals surface area contributed by atoms with Gasteiger partial charge in [-0.2, -0.15) is 0 Å². The number of carbonyl (C=O) groups excluding carboxylic acids is 1. The summed E-state index contributed by atoms with van der Waals surface area (Å²) in [5, 5.41) is 6.54. The summed E-state index contributed by atoms with van der Waals surface area (Å²) in [5.74, 6) is 1.51. The number of piperidine rings is 1. The second kappa shape index (κ2) is 14.4. The molecular weight excluding hydrogens is 469 g/mol. The molecule has 1 fully saturated rings. The van der Waals surface area contributed by atoms with Gasteiger partial charge >= 0.3 is 0 Å². The van der Waals surface area contributed by atoms with E-state index in [9.17, 15) is 4.79 Å². The van der Waals surface area contributed by atoms with Crippen molar-refractivity contribution in [1.29, 1.82) is 0 Å². The van der Waals surface area contributed by atoms with E-state index < -0.39 is 0 Å². The van der Waals surface area contributed by atoms with E-state index in [-0.39, 0.29) is 35.8 Å². The molecule has 1 amide bonds. The average molecular weight is 503 g/mol. The first-order chi connectivity index (χ1) is 13.2. The zero-order valence-corrected chi connectivity index (χ0v) is 19.1. The highest BCUT2D eigenvalue weighted by atomic mass is 127. The van der Waals surface area contributed by atoms with E-state index in [0.717, 1.165) is 63.7 Å². The molecule has 1 aromatic carbocycles. The Kier molecular flexibility index (Phi) is 12.6. The Morgan fingerprint density at radius 2 is 2.11 bits per heavy atom. The summed E-state index contributed by atoms with van der Waals surface area (Å²) in [4.78, 5) is 18.3. The number of halogens is 1. The van der Waals surface area contributed by atoms with Crippen molar-refractivity contribution >= 4 is 35.8 Å². The molecule has 0 aliphatic carbocycles. The van der Waals surface area contributed by atoms with Crippen LogP contribution in [-0.2, 0) is 4.79 Å². The van der Waals surface area contributed by atoms with Crippen molar-refractivity contribution in [2.75, 3.05) is 45.9 Å². The van der Waals surface area contributed by atoms with E-state index in [4.69, 9.17) is 10.5 Å². The number of nitrogens with two attached hydrogens (primary N) is 1. The van der Waals surface area contributed by atoms with E-state index >= 15 is 0 Å². The van der Waals surface area contributed by atoms with Gasteiger partial charge in [-0.3, -0.25) is 9.79 Å². The maximum absolute atomic E-state index is 11.4. The summed E-state index contributed by atoms with van der Waals surface area (Å²) in [7, 11) is 0. The predicted molar refractivity (Wildman–Crippen MR) is 124 cm³/mol. The Bertz CT molecular complexity index is 585. The van der Waals surface area contributed by atoms with Gasteiger partial charge in [0.1, 0.15) is 12.4 Å². The molecule has 0 saturated carbocycles. The molecule has 0 spiro atoms. The zero-order valence-electron chi connectivity index (χ0n) is 16.7. The lowest BCUT2D eigenvalue weighted by atomic mass is 9.97. The molecule has 1 aromatic rings. The maximum Gasteiger partial charge on any atom is 0.221 e. The van der Waals surface area contributed by atoms with Crippen LogP contribution in [0.25, 0.3) is 0 Å². The van der Waals surface area contributed by atoms with E-state index in [2.05, 4.69) is 27.4 Å². The van der Waals surface area contributed by atoms with Crippen LogP contribution in [0.4, 0.5) is 0 Å². The predicted octanol–water partition coefficient (Wildman–Crippen LogP) is 1.83. The molecule has 7 nitrogen and oxygen atoms in total. The number of rotatable bonds is 10. The standard InChI is InChI=1S/C20H33N5O2.HI/c1-2-22-20(24-12-15-27-18-9-4-3-5-10-18)23-11-7-14-25-13-6-8-17(16-25)19(21)26;/h3-5,9-10,17H,2,6-8,11-16H2,1H3,(H2,21,26)(H2,22,23,24);1H. The molecule has 8 heteroatoms. The van der Waals surface area contributed by atoms with Crippen LogP contribution in [0.5, 0.6) is 5.75 Å². The summed E-state index contributed by atoms with van der Waals surface area (Å²) < 4.78 is 5.68. The molecule has 28 heavy (non-hydrogen) atoms. The number of nitrogens with one attached hydrogen (secondary N) is 2. The summed E-state index contributed by atoms with van der Waals surface area (Å²) in [6.07, 6.45) is 2.93. The van der Waals surface area contributed by atoms with Crippen LogP contribution in [0.15, 0.2) is 35.3 Å². The van der Waals surface area contributed by atoms with Gasteiger partial charge in [0.15, 0.2) is 5.96 Å². The Labute approximate surface area is 185 Å². The molecule has 0 radical (unpaired) electrons. The highest BCUT2D eigenvalue weighted by molar-refractivity contribution is 14.0. The summed E-state index contributed by atoms with van der Waals surface area (Å²) in [6, 6.07) is 9.79. The largest absolute Gasteiger partial charge is 0.492 e. The van der Waals surface area contributed by atoms with Gasteiger partial charge in [0.2, 0.25) is 5.91 Å². The van der Waals surface area contributed by atoms with Crippen LogP contribution in [0, 0.1) is 5.92 Å². The number of primary amides is 1. The maximum atomic E-state index is 11.4. The number of ether oxygens (including phenoxy) is 1. The molecule has 1 aliphatic rings. The number of para-hydroxylation sites is 1. The number of hydrogen-bond donors (Lipinski definition) is 3. The fourth-order valence-electron chi connectivity index (χ4n) is 3.17. The summed E-state index contributed by atoms with van der Waals surface area (Å²) >= 11 is 0. The van der Waals surface area contributed by atoms with Gasteiger partial charge in [-0.15, -0.1) is 24.0 Å². The minimum absolute atomic E-state index is 0. The lowest BCUT2D eigenvalue weighted by molar-refractivity contribution is -0.123. The number of carbonyl (C=O) groups is 1. The Balaban J connectivity index is 0.00000392. The van der Waals surface area contributed by atoms with E-state index in [1.807, 2.05) is 30.3 Å². The van der Waals surface area contributed by atoms with Crippen LogP contribution in [-0.4, -0.2) is 62.6 Å². The van der Waals surface area contributed by atoms with Crippen LogP contribution >= 0.6 is 24.0 Å². The quantitative estimate of drug-likeness (QED) is 0.196. The van der Waals surface area contributed by atoms with Crippen molar-refractivity contribution in [1.82, 2.24) is 15.5 Å². The lowest BCUT2D eigenvalue weighted by Crippen LogP contribution is -2.41. The lowest BCUT2D eigenvalue weighted by Gasteiger charge is -2.30. The molecule has 1 atom stereocenters. The second-order valence-corrected chi connectivity index (χ2v) is 6.74. The third-order valence-corrected chi connectivity index (χ3v) is 4.56. The van der Waals surface area contributed by atoms with Crippen LogP contribution in [0.2, 0.25) is 0 Å². The zero-order chi connectivity index (χ0) is 19.3. The van der Waals surface area contributed by atoms with Crippen molar-refractivity contribution < 1.29 is 9.53 Å². The van der Waals surface area contributed by atoms with Crippen molar-refractivity contribution in [3.8, 4) is 5.75 Å². The number of hydrogen-bond acceptors (Lipinski definition) is 4. The fraction of sp³-hybridized carbons (Fsp3) is 0.600. The topological polar surface area (TPSA) is 92.0 Å². The molecule has 1 saturated heterocycles. The number of guanidine groups is 1. The number of likely N-dealkylation sites (tertiary alicyclic amines) is 1. The summed E-state index contributed by atoms with van der Waals surface area (Å²) in [6.45, 7) is 7.66. The molecule has 1 unspecified atom stereocenters. The number of amides is 1. The first-order valence-electron chi connectivity index (χ1n) is 9.90. The van der Waals surface area contributed by atoms with Gasteiger partial charge in [-0.25, -0.2) is 0 Å². The molecule has 1 aliphatic heterocycles. The molecule has 0 bridgehead atoms. The van der Waals surface area contributed by atoms with E-state index in [0.29, 0.717) is 13.2 Å². The highest BCUT2D eigenvalue weighted by Gasteiger charge is 2.23. The van der Waals surface area contributed by atoms with Gasteiger partial charge in [0.25, 0.3) is 0 Å². The van der Waals surface area contributed by atoms with E-state index in [1.165, 1.54) is 0 Å². The highest BCUT2D eigenvalue weighted by Crippen LogP contribution is 2.15. The van der Waals surface area contributed by atoms with Crippen LogP contribution in [0.3, 0.4) is 0 Å². The molecule has 4 N–H and O–H groups in total. The third kappa shape index (κ3) is 9.59. The Hall–Kier alpha value is -1.55. The Morgan fingerprint density at radius 1 is 1.32 bits per heavy atom. The SMILES string of the molecule is CCNC(=NCCCN1CCCC(C(N)=O)C1)NCCOc1ccccc1.I. The molecule has 158 valence electrons. The van der Waals surface area contributed by atoms with Gasteiger partial charge in [0.05, 0.1) is 12.5 Å². The van der Waals surface area contributed by atoms with Gasteiger partial charge in [0, 0.05) is 19.6 Å². The normalized spacial score (nSPS) is 17.5. The van der Waals surface area contributed by atoms with Crippen molar-refractivity contribution in [2.45, 2.75) is 26.2 Å². The molecule has 1 heterocycles. The minimum Gasteiger partial charge on any atom is -0.492 e. The fourth-order valence-corrected chi connectivity index (χ4v) is 3.17. The minimum atomic E-state index is -0.172. The number of aliphatic imine (C=N–C) groups is 1. The van der Waals surface area contributed by atoms with E-state index in [1.54, 1.807) is 0 Å². The van der Waals surface area contributed by atoms with Crippen LogP contribution < -0.4 is 21.1 Å². The first kappa shape index (κ1) is 24.5. The van der Waals surface area contributed by atoms with Crippen molar-refractivity contribution in [2.24, 2.45) is 16.6 Å². The molecular formula is C20H34IN5O2. The molecule has 0 aromatic heterocycles. The summed E-state index contributed by atoms with van der Waals surface area (Å²) in [5.41, 5.74) is 5.44. The van der Waals surface area contributed by atoms with Gasteiger partial charge in [-0.1, -0.05) is 18.2 Å². The molecule has 2 rings (SSSR count). The van der Waals surface area contributed by atoms with Crippen molar-refractivity contribution in [3.05, 3.63) is 30.3 Å². The third-order valence-electron chi connectivity index (χ3n) is 4.56. The van der Waals surface area contributed by atoms with Gasteiger partial charge < -0.3 is 26.0 Å². The monoisotopic (exact) mass is 503 g/mol. The Morgan fingerprint density at radius 3 is 2.82 bits per heavy atom. The average Bonchev–Trinajstić information content (AvgIpc) is 2.69. The smallest absolute Gasteiger partial charge is 0.221 e.